The van der Waals surface area contributed by atoms with Gasteiger partial charge in [0.1, 0.15) is 0 Å². The third kappa shape index (κ3) is 9.40. The van der Waals surface area contributed by atoms with Crippen LogP contribution in [-0.2, 0) is 23.7 Å². The average Bonchev–Trinajstić information content (AvgIpc) is 2.71. The van der Waals surface area contributed by atoms with E-state index in [4.69, 9.17) is 9.47 Å². The van der Waals surface area contributed by atoms with Gasteiger partial charge in [0.25, 0.3) is 0 Å². The highest BCUT2D eigenvalue weighted by atomic mass is 19.3. The maximum absolute atomic E-state index is 13.3. The summed E-state index contributed by atoms with van der Waals surface area (Å²) in [5.74, 6) is 0. The van der Waals surface area contributed by atoms with Crippen molar-refractivity contribution in [1.29, 1.82) is 0 Å². The molecular formula is C18H24F12O5. The lowest BCUT2D eigenvalue weighted by Crippen LogP contribution is -2.49. The Kier molecular flexibility index (Phi) is 11.4. The molecule has 0 aliphatic carbocycles. The Hall–Kier alpha value is -1.04. The SMILES string of the molecule is COCC(CCCC1(COC(F)(F)C(F)F)COC1)(COC(F)(F)C(F)F)COC(F)(F)C(F)F. The number of methoxy groups -OCH3 is 1. The summed E-state index contributed by atoms with van der Waals surface area (Å²) in [6, 6.07) is 0. The van der Waals surface area contributed by atoms with Gasteiger partial charge >= 0.3 is 37.6 Å². The highest BCUT2D eigenvalue weighted by Crippen LogP contribution is 2.40. The highest BCUT2D eigenvalue weighted by Gasteiger charge is 2.50. The lowest BCUT2D eigenvalue weighted by molar-refractivity contribution is -0.332. The molecule has 1 heterocycles. The third-order valence-corrected chi connectivity index (χ3v) is 5.16. The van der Waals surface area contributed by atoms with Crippen LogP contribution in [0.2, 0.25) is 0 Å². The van der Waals surface area contributed by atoms with Gasteiger partial charge in [-0.15, -0.1) is 0 Å². The van der Waals surface area contributed by atoms with Crippen LogP contribution in [0.15, 0.2) is 0 Å². The first-order valence-electron chi connectivity index (χ1n) is 9.89. The molecule has 210 valence electrons. The van der Waals surface area contributed by atoms with Gasteiger partial charge in [0.05, 0.1) is 39.6 Å². The summed E-state index contributed by atoms with van der Waals surface area (Å²) >= 11 is 0. The molecule has 0 aromatic carbocycles. The van der Waals surface area contributed by atoms with Crippen molar-refractivity contribution in [2.75, 3.05) is 46.8 Å². The summed E-state index contributed by atoms with van der Waals surface area (Å²) < 4.78 is 175. The molecule has 0 N–H and O–H groups in total. The third-order valence-electron chi connectivity index (χ3n) is 5.16. The van der Waals surface area contributed by atoms with E-state index >= 15 is 0 Å². The number of alkyl halides is 12. The minimum absolute atomic E-state index is 0.172. The molecule has 1 fully saturated rings. The maximum Gasteiger partial charge on any atom is 0.416 e. The first-order valence-corrected chi connectivity index (χ1v) is 9.89. The normalized spacial score (nSPS) is 17.5. The fraction of sp³-hybridized carbons (Fsp3) is 1.00. The van der Waals surface area contributed by atoms with E-state index in [1.54, 1.807) is 0 Å². The molecule has 1 aliphatic rings. The van der Waals surface area contributed by atoms with E-state index < -0.39 is 81.3 Å². The van der Waals surface area contributed by atoms with E-state index in [9.17, 15) is 52.7 Å². The van der Waals surface area contributed by atoms with Crippen LogP contribution in [-0.4, -0.2) is 84.4 Å². The van der Waals surface area contributed by atoms with Crippen LogP contribution in [0, 0.1) is 10.8 Å². The van der Waals surface area contributed by atoms with Crippen LogP contribution in [0.1, 0.15) is 19.3 Å². The van der Waals surface area contributed by atoms with Crippen LogP contribution in [0.4, 0.5) is 52.7 Å². The van der Waals surface area contributed by atoms with E-state index in [1.165, 1.54) is 0 Å². The van der Waals surface area contributed by atoms with E-state index in [2.05, 4.69) is 14.2 Å². The smallest absolute Gasteiger partial charge is 0.384 e. The molecule has 1 saturated heterocycles. The molecule has 0 saturated carbocycles. The molecule has 0 aromatic rings. The second-order valence-electron chi connectivity index (χ2n) is 8.23. The quantitative estimate of drug-likeness (QED) is 0.214. The Labute approximate surface area is 191 Å². The number of rotatable bonds is 18. The van der Waals surface area contributed by atoms with E-state index in [0.717, 1.165) is 7.11 Å². The van der Waals surface area contributed by atoms with Gasteiger partial charge in [0.15, 0.2) is 0 Å². The largest absolute Gasteiger partial charge is 0.416 e. The summed E-state index contributed by atoms with van der Waals surface area (Å²) in [4.78, 5) is 0. The topological polar surface area (TPSA) is 46.2 Å². The predicted molar refractivity (Wildman–Crippen MR) is 92.1 cm³/mol. The molecule has 0 amide bonds. The van der Waals surface area contributed by atoms with Crippen LogP contribution >= 0.6 is 0 Å². The zero-order chi connectivity index (χ0) is 27.1. The van der Waals surface area contributed by atoms with E-state index in [1.807, 2.05) is 0 Å². The van der Waals surface area contributed by atoms with Crippen molar-refractivity contribution in [2.24, 2.45) is 10.8 Å². The first kappa shape index (κ1) is 32.0. The fourth-order valence-electron chi connectivity index (χ4n) is 3.11. The van der Waals surface area contributed by atoms with Crippen molar-refractivity contribution in [3.8, 4) is 0 Å². The van der Waals surface area contributed by atoms with E-state index in [0.29, 0.717) is 0 Å². The lowest BCUT2D eigenvalue weighted by Gasteiger charge is -2.43. The van der Waals surface area contributed by atoms with E-state index in [-0.39, 0.29) is 26.1 Å². The number of hydrogen-bond acceptors (Lipinski definition) is 5. The zero-order valence-corrected chi connectivity index (χ0v) is 18.2. The summed E-state index contributed by atoms with van der Waals surface area (Å²) in [5, 5.41) is 0. The van der Waals surface area contributed by atoms with Crippen LogP contribution in [0.5, 0.6) is 0 Å². The van der Waals surface area contributed by atoms with Crippen molar-refractivity contribution >= 4 is 0 Å². The monoisotopic (exact) mass is 548 g/mol. The van der Waals surface area contributed by atoms with Gasteiger partial charge in [-0.25, -0.2) is 26.3 Å². The summed E-state index contributed by atoms with van der Waals surface area (Å²) in [6.45, 7) is -4.94. The number of ether oxygens (including phenoxy) is 5. The molecule has 0 spiro atoms. The van der Waals surface area contributed by atoms with Crippen molar-refractivity contribution in [3.63, 3.8) is 0 Å². The van der Waals surface area contributed by atoms with Gasteiger partial charge < -0.3 is 23.7 Å². The highest BCUT2D eigenvalue weighted by molar-refractivity contribution is 4.88. The molecule has 17 heteroatoms. The Bertz CT molecular complexity index is 607. The molecule has 35 heavy (non-hydrogen) atoms. The lowest BCUT2D eigenvalue weighted by atomic mass is 9.77. The number of halogens is 12. The maximum atomic E-state index is 13.3. The number of hydrogen-bond donors (Lipinski definition) is 0. The van der Waals surface area contributed by atoms with Crippen molar-refractivity contribution in [3.05, 3.63) is 0 Å². The van der Waals surface area contributed by atoms with Crippen LogP contribution < -0.4 is 0 Å². The fourth-order valence-corrected chi connectivity index (χ4v) is 3.11. The second-order valence-corrected chi connectivity index (χ2v) is 8.23. The summed E-state index contributed by atoms with van der Waals surface area (Å²) in [6.07, 6.45) is -28.5. The molecule has 0 aromatic heterocycles. The van der Waals surface area contributed by atoms with Crippen LogP contribution in [0.3, 0.4) is 0 Å². The zero-order valence-electron chi connectivity index (χ0n) is 18.2. The minimum Gasteiger partial charge on any atom is -0.384 e. The van der Waals surface area contributed by atoms with Gasteiger partial charge in [-0.2, -0.15) is 26.3 Å². The summed E-state index contributed by atoms with van der Waals surface area (Å²) in [7, 11) is 0.965. The molecule has 0 bridgehead atoms. The average molecular weight is 548 g/mol. The molecule has 0 unspecified atom stereocenters. The van der Waals surface area contributed by atoms with Gasteiger partial charge in [-0.05, 0) is 12.8 Å². The first-order chi connectivity index (χ1) is 15.9. The van der Waals surface area contributed by atoms with Crippen LogP contribution in [0.25, 0.3) is 0 Å². The van der Waals surface area contributed by atoms with Gasteiger partial charge in [-0.3, -0.25) is 0 Å². The molecule has 5 nitrogen and oxygen atoms in total. The summed E-state index contributed by atoms with van der Waals surface area (Å²) in [5.41, 5.74) is -3.33. The van der Waals surface area contributed by atoms with Crippen molar-refractivity contribution < 1.29 is 76.4 Å². The molecule has 1 aliphatic heterocycles. The standard InChI is InChI=1S/C18H24F12O5/c1-31-5-14(8-33-16(25,26)11(19)20,9-34-17(27,28)12(21)22)3-2-4-15(6-32-7-15)10-35-18(29,30)13(23)24/h11-13H,2-10H2,1H3. The second kappa shape index (κ2) is 12.5. The molecule has 0 atom stereocenters. The Balaban J connectivity index is 2.96. The molecular weight excluding hydrogens is 524 g/mol. The van der Waals surface area contributed by atoms with Gasteiger partial charge in [-0.1, -0.05) is 6.42 Å². The predicted octanol–water partition coefficient (Wildman–Crippen LogP) is 5.43. The Morgan fingerprint density at radius 2 is 1.14 bits per heavy atom. The Morgan fingerprint density at radius 1 is 0.714 bits per heavy atom. The molecule has 0 radical (unpaired) electrons. The molecule has 1 rings (SSSR count). The Morgan fingerprint density at radius 3 is 1.49 bits per heavy atom. The van der Waals surface area contributed by atoms with Gasteiger partial charge in [0.2, 0.25) is 0 Å². The minimum atomic E-state index is -5.03. The van der Waals surface area contributed by atoms with Crippen molar-refractivity contribution in [1.82, 2.24) is 0 Å². The van der Waals surface area contributed by atoms with Gasteiger partial charge in [0, 0.05) is 17.9 Å². The van der Waals surface area contributed by atoms with Crippen molar-refractivity contribution in [2.45, 2.75) is 56.9 Å².